The van der Waals surface area contributed by atoms with Gasteiger partial charge >= 0.3 is 12.1 Å². The Hall–Kier alpha value is -2.35. The quantitative estimate of drug-likeness (QED) is 0.549. The molecule has 0 saturated carbocycles. The monoisotopic (exact) mass is 387 g/mol. The first-order valence-electron chi connectivity index (χ1n) is 8.33. The molecule has 0 aromatic heterocycles. The van der Waals surface area contributed by atoms with E-state index in [4.69, 9.17) is 4.74 Å². The van der Waals surface area contributed by atoms with Gasteiger partial charge in [-0.3, -0.25) is 4.79 Å². The third-order valence-corrected chi connectivity index (χ3v) is 3.91. The minimum Gasteiger partial charge on any atom is -0.466 e. The van der Waals surface area contributed by atoms with Crippen LogP contribution < -0.4 is 5.32 Å². The second kappa shape index (κ2) is 9.55. The zero-order valence-electron chi connectivity index (χ0n) is 15.7. The molecule has 1 N–H and O–H groups in total. The summed E-state index contributed by atoms with van der Waals surface area (Å²) in [6.07, 6.45) is -2.29. The fourth-order valence-corrected chi connectivity index (χ4v) is 2.65. The Morgan fingerprint density at radius 2 is 1.74 bits per heavy atom. The van der Waals surface area contributed by atoms with Crippen LogP contribution in [0, 0.1) is 5.92 Å². The van der Waals surface area contributed by atoms with Crippen molar-refractivity contribution in [2.24, 2.45) is 5.92 Å². The molecule has 2 atom stereocenters. The lowest BCUT2D eigenvalue weighted by Gasteiger charge is -2.34. The van der Waals surface area contributed by atoms with Gasteiger partial charge in [0, 0.05) is 24.8 Å². The SMILES string of the molecule is COC(=O)/C=C/C(CC(C)C)NC(=O)C(OC)(c1ccccc1)C(F)(F)F. The predicted octanol–water partition coefficient (Wildman–Crippen LogP) is 3.35. The van der Waals surface area contributed by atoms with Crippen molar-refractivity contribution in [1.29, 1.82) is 0 Å². The smallest absolute Gasteiger partial charge is 0.430 e. The number of nitrogens with one attached hydrogen (secondary N) is 1. The lowest BCUT2D eigenvalue weighted by Crippen LogP contribution is -2.57. The van der Waals surface area contributed by atoms with E-state index in [0.29, 0.717) is 6.42 Å². The van der Waals surface area contributed by atoms with Gasteiger partial charge in [-0.05, 0) is 12.3 Å². The average molecular weight is 387 g/mol. The predicted molar refractivity (Wildman–Crippen MR) is 93.7 cm³/mol. The molecule has 0 radical (unpaired) electrons. The van der Waals surface area contributed by atoms with Gasteiger partial charge in [-0.15, -0.1) is 0 Å². The highest BCUT2D eigenvalue weighted by molar-refractivity contribution is 5.88. The number of alkyl halides is 3. The van der Waals surface area contributed by atoms with Crippen LogP contribution >= 0.6 is 0 Å². The van der Waals surface area contributed by atoms with Crippen LogP contribution in [0.2, 0.25) is 0 Å². The lowest BCUT2D eigenvalue weighted by molar-refractivity contribution is -0.266. The van der Waals surface area contributed by atoms with Crippen molar-refractivity contribution in [2.75, 3.05) is 14.2 Å². The molecule has 0 saturated heterocycles. The van der Waals surface area contributed by atoms with Gasteiger partial charge in [0.15, 0.2) is 0 Å². The zero-order valence-corrected chi connectivity index (χ0v) is 15.7. The number of rotatable bonds is 8. The fraction of sp³-hybridized carbons (Fsp3) is 0.474. The number of carbonyl (C=O) groups is 2. The highest BCUT2D eigenvalue weighted by atomic mass is 19.4. The summed E-state index contributed by atoms with van der Waals surface area (Å²) in [6.45, 7) is 3.69. The molecule has 1 aromatic rings. The fourth-order valence-electron chi connectivity index (χ4n) is 2.65. The zero-order chi connectivity index (χ0) is 20.7. The van der Waals surface area contributed by atoms with Crippen molar-refractivity contribution >= 4 is 11.9 Å². The molecule has 1 aromatic carbocycles. The van der Waals surface area contributed by atoms with E-state index in [2.05, 4.69) is 10.1 Å². The number of carbonyl (C=O) groups excluding carboxylic acids is 2. The van der Waals surface area contributed by atoms with E-state index < -0.39 is 29.7 Å². The van der Waals surface area contributed by atoms with E-state index >= 15 is 0 Å². The van der Waals surface area contributed by atoms with Gasteiger partial charge in [-0.1, -0.05) is 50.3 Å². The molecule has 1 rings (SSSR count). The molecule has 27 heavy (non-hydrogen) atoms. The first-order chi connectivity index (χ1) is 12.6. The summed E-state index contributed by atoms with van der Waals surface area (Å²) in [5.74, 6) is -1.98. The summed E-state index contributed by atoms with van der Waals surface area (Å²) in [5, 5.41) is 2.35. The van der Waals surface area contributed by atoms with Crippen LogP contribution in [0.25, 0.3) is 0 Å². The third kappa shape index (κ3) is 5.56. The number of hydrogen-bond donors (Lipinski definition) is 1. The van der Waals surface area contributed by atoms with Crippen LogP contribution in [-0.4, -0.2) is 38.3 Å². The number of amides is 1. The van der Waals surface area contributed by atoms with E-state index in [1.165, 1.54) is 37.5 Å². The molecule has 2 unspecified atom stereocenters. The van der Waals surface area contributed by atoms with Gasteiger partial charge in [-0.2, -0.15) is 13.2 Å². The number of ether oxygens (including phenoxy) is 2. The van der Waals surface area contributed by atoms with Crippen LogP contribution in [0.5, 0.6) is 0 Å². The number of esters is 1. The minimum absolute atomic E-state index is 0.0529. The van der Waals surface area contributed by atoms with Crippen molar-refractivity contribution in [2.45, 2.75) is 38.1 Å². The highest BCUT2D eigenvalue weighted by Crippen LogP contribution is 2.42. The van der Waals surface area contributed by atoms with Crippen molar-refractivity contribution in [3.8, 4) is 0 Å². The Bertz CT molecular complexity index is 659. The summed E-state index contributed by atoms with van der Waals surface area (Å²) in [5.41, 5.74) is -3.50. The van der Waals surface area contributed by atoms with Crippen LogP contribution in [0.15, 0.2) is 42.5 Å². The molecule has 0 heterocycles. The van der Waals surface area contributed by atoms with Crippen LogP contribution in [0.3, 0.4) is 0 Å². The molecular weight excluding hydrogens is 363 g/mol. The van der Waals surface area contributed by atoms with E-state index in [0.717, 1.165) is 13.2 Å². The van der Waals surface area contributed by atoms with Crippen molar-refractivity contribution < 1.29 is 32.2 Å². The van der Waals surface area contributed by atoms with E-state index in [1.807, 2.05) is 13.8 Å². The Balaban J connectivity index is 3.27. The largest absolute Gasteiger partial charge is 0.466 e. The summed E-state index contributed by atoms with van der Waals surface area (Å²) >= 11 is 0. The van der Waals surface area contributed by atoms with Crippen molar-refractivity contribution in [3.05, 3.63) is 48.0 Å². The van der Waals surface area contributed by atoms with Crippen LogP contribution in [0.1, 0.15) is 25.8 Å². The Morgan fingerprint density at radius 1 is 1.15 bits per heavy atom. The number of methoxy groups -OCH3 is 2. The normalized spacial score (nSPS) is 15.4. The van der Waals surface area contributed by atoms with E-state index in [-0.39, 0.29) is 11.5 Å². The summed E-state index contributed by atoms with van der Waals surface area (Å²) in [4.78, 5) is 24.0. The molecule has 1 amide bonds. The molecule has 5 nitrogen and oxygen atoms in total. The molecule has 0 fully saturated rings. The van der Waals surface area contributed by atoms with Gasteiger partial charge in [0.05, 0.1) is 7.11 Å². The molecule has 0 bridgehead atoms. The second-order valence-electron chi connectivity index (χ2n) is 6.34. The molecule has 150 valence electrons. The average Bonchev–Trinajstić information content (AvgIpc) is 2.59. The van der Waals surface area contributed by atoms with Gasteiger partial charge in [0.25, 0.3) is 11.5 Å². The summed E-state index contributed by atoms with van der Waals surface area (Å²) < 4.78 is 51.0. The van der Waals surface area contributed by atoms with Gasteiger partial charge < -0.3 is 14.8 Å². The van der Waals surface area contributed by atoms with E-state index in [9.17, 15) is 22.8 Å². The van der Waals surface area contributed by atoms with Gasteiger partial charge in [0.2, 0.25) is 0 Å². The van der Waals surface area contributed by atoms with Gasteiger partial charge in [-0.25, -0.2) is 4.79 Å². The number of benzene rings is 1. The standard InChI is InChI=1S/C19H24F3NO4/c1-13(2)12-15(10-11-16(24)26-3)23-17(25)18(27-4,19(20,21)22)14-8-6-5-7-9-14/h5-11,13,15H,12H2,1-4H3,(H,23,25)/b11-10+. The van der Waals surface area contributed by atoms with Crippen molar-refractivity contribution in [1.82, 2.24) is 5.32 Å². The molecule has 0 aliphatic carbocycles. The summed E-state index contributed by atoms with van der Waals surface area (Å²) in [7, 11) is 2.01. The molecule has 0 aliphatic rings. The van der Waals surface area contributed by atoms with Crippen LogP contribution in [0.4, 0.5) is 13.2 Å². The third-order valence-electron chi connectivity index (χ3n) is 3.91. The lowest BCUT2D eigenvalue weighted by atomic mass is 9.90. The van der Waals surface area contributed by atoms with Crippen molar-refractivity contribution in [3.63, 3.8) is 0 Å². The Labute approximate surface area is 156 Å². The van der Waals surface area contributed by atoms with Gasteiger partial charge in [0.1, 0.15) is 0 Å². The Morgan fingerprint density at radius 3 is 2.19 bits per heavy atom. The maximum atomic E-state index is 13.9. The minimum atomic E-state index is -5.00. The topological polar surface area (TPSA) is 64.6 Å². The number of hydrogen-bond acceptors (Lipinski definition) is 4. The first kappa shape index (κ1) is 22.7. The molecule has 0 aliphatic heterocycles. The molecule has 8 heteroatoms. The second-order valence-corrected chi connectivity index (χ2v) is 6.34. The van der Waals surface area contributed by atoms with Crippen LogP contribution in [-0.2, 0) is 24.7 Å². The highest BCUT2D eigenvalue weighted by Gasteiger charge is 2.62. The molecular formula is C19H24F3NO4. The first-order valence-corrected chi connectivity index (χ1v) is 8.33. The summed E-state index contributed by atoms with van der Waals surface area (Å²) in [6, 6.07) is 5.88. The number of halogens is 3. The Kier molecular flexibility index (Phi) is 8.02. The maximum Gasteiger partial charge on any atom is 0.430 e. The van der Waals surface area contributed by atoms with E-state index in [1.54, 1.807) is 6.07 Å². The molecule has 0 spiro atoms. The maximum absolute atomic E-state index is 13.9.